The molecule has 4 heterocycles. The number of hydrogen-bond acceptors (Lipinski definition) is 4. The van der Waals surface area contributed by atoms with Crippen molar-refractivity contribution < 1.29 is 4.42 Å². The number of hydrogen-bond donors (Lipinski definition) is 0. The largest absolute Gasteiger partial charge is 0.454 e. The maximum atomic E-state index is 7.28. The molecule has 16 aromatic rings. The molecule has 6 nitrogen and oxygen atoms in total. The highest BCUT2D eigenvalue weighted by Crippen LogP contribution is 2.46. The second-order valence-corrected chi connectivity index (χ2v) is 19.1. The van der Waals surface area contributed by atoms with Crippen LogP contribution >= 0.6 is 0 Å². The summed E-state index contributed by atoms with van der Waals surface area (Å²) in [6.45, 7) is 0. The first-order valence-electron chi connectivity index (χ1n) is 24.8. The van der Waals surface area contributed by atoms with E-state index in [0.717, 1.165) is 126 Å². The zero-order valence-electron chi connectivity index (χ0n) is 39.2. The second kappa shape index (κ2) is 15.3. The van der Waals surface area contributed by atoms with E-state index in [1.807, 2.05) is 0 Å². The smallest absolute Gasteiger partial charge is 0.166 e. The van der Waals surface area contributed by atoms with E-state index >= 15 is 0 Å². The third kappa shape index (κ3) is 5.95. The lowest BCUT2D eigenvalue weighted by Crippen LogP contribution is -2.04. The summed E-state index contributed by atoms with van der Waals surface area (Å²) in [5, 5.41) is 15.8. The fourth-order valence-electron chi connectivity index (χ4n) is 11.8. The van der Waals surface area contributed by atoms with Gasteiger partial charge in [-0.25, -0.2) is 15.0 Å². The Bertz CT molecular complexity index is 4890. The summed E-state index contributed by atoms with van der Waals surface area (Å²) in [6, 6.07) is 84.5. The molecule has 4 aromatic heterocycles. The zero-order chi connectivity index (χ0) is 47.7. The maximum Gasteiger partial charge on any atom is 0.166 e. The van der Waals surface area contributed by atoms with Gasteiger partial charge in [-0.05, 0) is 116 Å². The summed E-state index contributed by atoms with van der Waals surface area (Å²) in [7, 11) is 0. The first kappa shape index (κ1) is 39.9. The molecule has 0 saturated heterocycles. The molecule has 0 amide bonds. The summed E-state index contributed by atoms with van der Waals surface area (Å²) < 4.78 is 12.0. The molecule has 338 valence electrons. The number of para-hydroxylation sites is 2. The first-order valence-corrected chi connectivity index (χ1v) is 24.8. The number of benzene rings is 12. The van der Waals surface area contributed by atoms with Gasteiger partial charge in [-0.3, -0.25) is 0 Å². The summed E-state index contributed by atoms with van der Waals surface area (Å²) in [5.41, 5.74) is 10.5. The Hall–Kier alpha value is -9.91. The molecule has 0 aliphatic rings. The molecule has 0 spiro atoms. The summed E-state index contributed by atoms with van der Waals surface area (Å²) in [6.07, 6.45) is 0. The van der Waals surface area contributed by atoms with Gasteiger partial charge in [0.25, 0.3) is 0 Å². The van der Waals surface area contributed by atoms with Crippen LogP contribution in [0.5, 0.6) is 0 Å². The van der Waals surface area contributed by atoms with Crippen LogP contribution in [0.3, 0.4) is 0 Å². The van der Waals surface area contributed by atoms with Crippen molar-refractivity contribution in [3.05, 3.63) is 237 Å². The van der Waals surface area contributed by atoms with Crippen molar-refractivity contribution in [1.82, 2.24) is 24.1 Å². The van der Waals surface area contributed by atoms with Crippen molar-refractivity contribution in [1.29, 1.82) is 0 Å². The standard InChI is InChI=1S/C67H39N5O/c1-2-22-48(23-3-1)71-56-27-13-12-25-50(56)61-52(26-14-28-57(61)71)66-68-65(47-30-29-40-15-4-5-17-42(40)35-47)69-67(70-66)53-33-32-51-62-49-24-11-10-16-41(49)31-34-60(62)73-64(51)63(53)72-58-38-45-20-8-6-18-43(45)36-54(58)55-37-44-19-7-9-21-46(44)39-59(55)72/h1-39H. The lowest BCUT2D eigenvalue weighted by atomic mass is 10.0. The molecule has 0 radical (unpaired) electrons. The predicted octanol–water partition coefficient (Wildman–Crippen LogP) is 17.6. The van der Waals surface area contributed by atoms with Crippen LogP contribution in [-0.2, 0) is 0 Å². The van der Waals surface area contributed by atoms with E-state index in [0.29, 0.717) is 17.5 Å². The Labute approximate surface area is 417 Å². The van der Waals surface area contributed by atoms with Crippen LogP contribution < -0.4 is 0 Å². The van der Waals surface area contributed by atoms with Gasteiger partial charge >= 0.3 is 0 Å². The van der Waals surface area contributed by atoms with E-state index in [9.17, 15) is 0 Å². The Morgan fingerprint density at radius 1 is 0.301 bits per heavy atom. The summed E-state index contributed by atoms with van der Waals surface area (Å²) in [5.74, 6) is 1.70. The quantitative estimate of drug-likeness (QED) is 0.173. The van der Waals surface area contributed by atoms with E-state index in [1.165, 1.54) is 10.8 Å². The number of nitrogens with zero attached hydrogens (tertiary/aromatic N) is 5. The molecule has 0 bridgehead atoms. The average molecular weight is 930 g/mol. The van der Waals surface area contributed by atoms with Crippen LogP contribution in [0.2, 0.25) is 0 Å². The van der Waals surface area contributed by atoms with Gasteiger partial charge in [-0.1, -0.05) is 164 Å². The van der Waals surface area contributed by atoms with E-state index < -0.39 is 0 Å². The molecule has 0 saturated carbocycles. The van der Waals surface area contributed by atoms with E-state index in [-0.39, 0.29) is 0 Å². The Balaban J connectivity index is 1.06. The number of rotatable bonds is 5. The SMILES string of the molecule is c1ccc(-n2c3ccccc3c3c(-c4nc(-c5ccc6ccccc6c5)nc(-c5ccc6c(oc7ccc8ccccc8c76)c5-n5c6cc7ccccc7cc6c6cc7ccccc7cc65)n4)cccc32)cc1. The molecule has 16 rings (SSSR count). The van der Waals surface area contributed by atoms with Crippen LogP contribution in [0.25, 0.3) is 154 Å². The monoisotopic (exact) mass is 929 g/mol. The van der Waals surface area contributed by atoms with Gasteiger partial charge in [0.15, 0.2) is 23.1 Å². The number of fused-ring (bicyclic) bond motifs is 14. The van der Waals surface area contributed by atoms with Crippen molar-refractivity contribution in [2.24, 2.45) is 0 Å². The zero-order valence-corrected chi connectivity index (χ0v) is 39.2. The molecular formula is C67H39N5O. The third-order valence-corrected chi connectivity index (χ3v) is 15.1. The Morgan fingerprint density at radius 2 is 0.863 bits per heavy atom. The maximum absolute atomic E-state index is 7.28. The minimum Gasteiger partial charge on any atom is -0.454 e. The molecule has 0 atom stereocenters. The van der Waals surface area contributed by atoms with E-state index in [1.54, 1.807) is 0 Å². The average Bonchev–Trinajstić information content (AvgIpc) is 4.11. The van der Waals surface area contributed by atoms with Crippen molar-refractivity contribution in [2.45, 2.75) is 0 Å². The van der Waals surface area contributed by atoms with E-state index in [2.05, 4.69) is 246 Å². The lowest BCUT2D eigenvalue weighted by molar-refractivity contribution is 0.667. The van der Waals surface area contributed by atoms with Crippen LogP contribution in [0.4, 0.5) is 0 Å². The highest BCUT2D eigenvalue weighted by Gasteiger charge is 2.27. The highest BCUT2D eigenvalue weighted by molar-refractivity contribution is 6.23. The van der Waals surface area contributed by atoms with Crippen LogP contribution in [0, 0.1) is 0 Å². The van der Waals surface area contributed by atoms with Crippen molar-refractivity contribution in [3.8, 4) is 45.5 Å². The summed E-state index contributed by atoms with van der Waals surface area (Å²) >= 11 is 0. The van der Waals surface area contributed by atoms with Crippen LogP contribution in [0.15, 0.2) is 241 Å². The van der Waals surface area contributed by atoms with Crippen LogP contribution in [-0.4, -0.2) is 24.1 Å². The first-order chi connectivity index (χ1) is 36.2. The van der Waals surface area contributed by atoms with Gasteiger partial charge in [-0.2, -0.15) is 0 Å². The second-order valence-electron chi connectivity index (χ2n) is 19.1. The Morgan fingerprint density at radius 3 is 1.59 bits per heavy atom. The van der Waals surface area contributed by atoms with Crippen molar-refractivity contribution >= 4 is 109 Å². The minimum absolute atomic E-state index is 0.538. The fourth-order valence-corrected chi connectivity index (χ4v) is 11.8. The van der Waals surface area contributed by atoms with Crippen molar-refractivity contribution in [2.75, 3.05) is 0 Å². The van der Waals surface area contributed by atoms with Gasteiger partial charge in [0.1, 0.15) is 11.3 Å². The van der Waals surface area contributed by atoms with Gasteiger partial charge in [0, 0.05) is 54.7 Å². The normalized spacial score (nSPS) is 12.1. The Kier molecular flexibility index (Phi) is 8.36. The molecule has 0 aliphatic heterocycles. The summed E-state index contributed by atoms with van der Waals surface area (Å²) in [4.78, 5) is 16.7. The predicted molar refractivity (Wildman–Crippen MR) is 302 cm³/mol. The number of aromatic nitrogens is 5. The molecule has 0 N–H and O–H groups in total. The van der Waals surface area contributed by atoms with Crippen molar-refractivity contribution in [3.63, 3.8) is 0 Å². The fraction of sp³-hybridized carbons (Fsp3) is 0. The number of furan rings is 1. The molecule has 6 heteroatoms. The lowest BCUT2D eigenvalue weighted by Gasteiger charge is -2.16. The third-order valence-electron chi connectivity index (χ3n) is 15.1. The topological polar surface area (TPSA) is 61.7 Å². The van der Waals surface area contributed by atoms with Gasteiger partial charge in [-0.15, -0.1) is 0 Å². The van der Waals surface area contributed by atoms with Gasteiger partial charge in [0.2, 0.25) is 0 Å². The van der Waals surface area contributed by atoms with Gasteiger partial charge < -0.3 is 13.6 Å². The molecule has 0 fully saturated rings. The molecule has 12 aromatic carbocycles. The molecule has 73 heavy (non-hydrogen) atoms. The molecule has 0 aliphatic carbocycles. The molecule has 0 unspecified atom stereocenters. The minimum atomic E-state index is 0.538. The van der Waals surface area contributed by atoms with E-state index in [4.69, 9.17) is 19.4 Å². The molecular weight excluding hydrogens is 891 g/mol. The highest BCUT2D eigenvalue weighted by atomic mass is 16.3. The van der Waals surface area contributed by atoms with Gasteiger partial charge in [0.05, 0.1) is 22.1 Å². The van der Waals surface area contributed by atoms with Crippen LogP contribution in [0.1, 0.15) is 0 Å².